The van der Waals surface area contributed by atoms with Crippen LogP contribution in [-0.2, 0) is 14.3 Å². The van der Waals surface area contributed by atoms with Crippen LogP contribution in [0.15, 0.2) is 0 Å². The Balaban J connectivity index is 2.53. The first-order chi connectivity index (χ1) is 12.1. The molecular formula is C22H40O3. The molecule has 3 nitrogen and oxygen atoms in total. The number of rotatable bonds is 15. The molecule has 2 unspecified atom stereocenters. The lowest BCUT2D eigenvalue weighted by molar-refractivity contribution is -0.151. The van der Waals surface area contributed by atoms with E-state index < -0.39 is 5.41 Å². The molecule has 0 aromatic heterocycles. The van der Waals surface area contributed by atoms with E-state index in [4.69, 9.17) is 4.74 Å². The molecule has 0 amide bonds. The summed E-state index contributed by atoms with van der Waals surface area (Å²) in [5, 5.41) is 0. The minimum atomic E-state index is -0.836. The number of ketones is 1. The molecule has 0 spiro atoms. The van der Waals surface area contributed by atoms with Crippen LogP contribution in [0.2, 0.25) is 0 Å². The maximum absolute atomic E-state index is 12.3. The van der Waals surface area contributed by atoms with E-state index in [0.29, 0.717) is 25.4 Å². The maximum Gasteiger partial charge on any atom is 0.319 e. The molecule has 1 rings (SSSR count). The summed E-state index contributed by atoms with van der Waals surface area (Å²) in [6, 6.07) is 0. The molecule has 1 fully saturated rings. The smallest absolute Gasteiger partial charge is 0.319 e. The Morgan fingerprint density at radius 2 is 1.48 bits per heavy atom. The summed E-state index contributed by atoms with van der Waals surface area (Å²) in [5.74, 6) is 0.232. The molecule has 0 radical (unpaired) electrons. The summed E-state index contributed by atoms with van der Waals surface area (Å²) >= 11 is 0. The van der Waals surface area contributed by atoms with Crippen LogP contribution in [0.3, 0.4) is 0 Å². The monoisotopic (exact) mass is 352 g/mol. The summed E-state index contributed by atoms with van der Waals surface area (Å²) < 4.78 is 5.18. The van der Waals surface area contributed by atoms with Gasteiger partial charge in [-0.3, -0.25) is 9.59 Å². The van der Waals surface area contributed by atoms with E-state index in [2.05, 4.69) is 13.8 Å². The summed E-state index contributed by atoms with van der Waals surface area (Å²) in [5.41, 5.74) is -0.836. The van der Waals surface area contributed by atoms with Gasteiger partial charge >= 0.3 is 5.97 Å². The van der Waals surface area contributed by atoms with Gasteiger partial charge in [-0.15, -0.1) is 0 Å². The Bertz CT molecular complexity index is 391. The molecule has 0 aromatic carbocycles. The summed E-state index contributed by atoms with van der Waals surface area (Å²) in [6.45, 7) is 6.46. The zero-order chi connectivity index (χ0) is 18.5. The predicted octanol–water partition coefficient (Wildman–Crippen LogP) is 6.24. The van der Waals surface area contributed by atoms with E-state index in [1.165, 1.54) is 64.2 Å². The van der Waals surface area contributed by atoms with Crippen molar-refractivity contribution in [2.24, 2.45) is 11.3 Å². The molecule has 0 aliphatic carbocycles. The van der Waals surface area contributed by atoms with Crippen LogP contribution in [0.1, 0.15) is 111 Å². The molecule has 0 aromatic rings. The van der Waals surface area contributed by atoms with Crippen molar-refractivity contribution >= 4 is 11.8 Å². The molecule has 25 heavy (non-hydrogen) atoms. The van der Waals surface area contributed by atoms with Crippen molar-refractivity contribution < 1.29 is 14.3 Å². The summed E-state index contributed by atoms with van der Waals surface area (Å²) in [7, 11) is 0. The Labute approximate surface area is 155 Å². The quantitative estimate of drug-likeness (QED) is 0.199. The van der Waals surface area contributed by atoms with Crippen LogP contribution in [0.25, 0.3) is 0 Å². The van der Waals surface area contributed by atoms with Crippen LogP contribution in [0.4, 0.5) is 0 Å². The van der Waals surface area contributed by atoms with E-state index in [9.17, 15) is 9.59 Å². The van der Waals surface area contributed by atoms with E-state index >= 15 is 0 Å². The van der Waals surface area contributed by atoms with Crippen molar-refractivity contribution in [2.45, 2.75) is 111 Å². The Morgan fingerprint density at radius 1 is 0.960 bits per heavy atom. The highest BCUT2D eigenvalue weighted by Gasteiger charge is 2.49. The molecule has 1 saturated heterocycles. The first-order valence-corrected chi connectivity index (χ1v) is 10.7. The molecule has 1 heterocycles. The van der Waals surface area contributed by atoms with E-state index in [1.807, 2.05) is 0 Å². The lowest BCUT2D eigenvalue weighted by atomic mass is 9.72. The number of Topliss-reactive ketones (excluding diaryl/α,β-unsaturated/α-hetero) is 1. The van der Waals surface area contributed by atoms with Crippen LogP contribution >= 0.6 is 0 Å². The average Bonchev–Trinajstić information content (AvgIpc) is 2.96. The second-order valence-electron chi connectivity index (χ2n) is 8.00. The highest BCUT2D eigenvalue weighted by Crippen LogP contribution is 2.40. The maximum atomic E-state index is 12.3. The zero-order valence-electron chi connectivity index (χ0n) is 16.9. The van der Waals surface area contributed by atoms with E-state index in [1.54, 1.807) is 6.92 Å². The second-order valence-corrected chi connectivity index (χ2v) is 8.00. The topological polar surface area (TPSA) is 43.4 Å². The fourth-order valence-corrected chi connectivity index (χ4v) is 4.12. The van der Waals surface area contributed by atoms with E-state index in [0.717, 1.165) is 12.8 Å². The van der Waals surface area contributed by atoms with Gasteiger partial charge in [0.15, 0.2) is 0 Å². The molecule has 146 valence electrons. The first kappa shape index (κ1) is 22.2. The molecular weight excluding hydrogens is 312 g/mol. The predicted molar refractivity (Wildman–Crippen MR) is 104 cm³/mol. The van der Waals surface area contributed by atoms with Crippen LogP contribution < -0.4 is 0 Å². The molecule has 1 aliphatic heterocycles. The third-order valence-electron chi connectivity index (χ3n) is 5.90. The van der Waals surface area contributed by atoms with Gasteiger partial charge in [-0.05, 0) is 19.3 Å². The Hall–Kier alpha value is -0.860. The highest BCUT2D eigenvalue weighted by atomic mass is 16.5. The van der Waals surface area contributed by atoms with Crippen molar-refractivity contribution in [1.82, 2.24) is 0 Å². The number of unbranched alkanes of at least 4 members (excludes halogenated alkanes) is 8. The van der Waals surface area contributed by atoms with Gasteiger partial charge in [0.2, 0.25) is 0 Å². The van der Waals surface area contributed by atoms with Crippen molar-refractivity contribution in [2.75, 3.05) is 6.61 Å². The number of carbonyl (C=O) groups is 2. The Morgan fingerprint density at radius 3 is 1.96 bits per heavy atom. The third-order valence-corrected chi connectivity index (χ3v) is 5.90. The van der Waals surface area contributed by atoms with E-state index in [-0.39, 0.29) is 11.8 Å². The fraction of sp³-hybridized carbons (Fsp3) is 0.909. The zero-order valence-corrected chi connectivity index (χ0v) is 16.9. The lowest BCUT2D eigenvalue weighted by Gasteiger charge is -2.27. The molecule has 0 saturated carbocycles. The lowest BCUT2D eigenvalue weighted by Crippen LogP contribution is -2.36. The minimum absolute atomic E-state index is 0.0107. The molecule has 1 aliphatic rings. The standard InChI is InChI=1S/C22H40O3/c1-4-6-8-10-11-13-15-20(14-12-9-7-5-2)18-22(19(3)23)16-17-25-21(22)24/h20H,4-18H2,1-3H3. The van der Waals surface area contributed by atoms with Crippen LogP contribution in [0.5, 0.6) is 0 Å². The van der Waals surface area contributed by atoms with Gasteiger partial charge in [0, 0.05) is 6.42 Å². The Kier molecular flexibility index (Phi) is 11.1. The first-order valence-electron chi connectivity index (χ1n) is 10.7. The largest absolute Gasteiger partial charge is 0.465 e. The number of carbonyl (C=O) groups excluding carboxylic acids is 2. The van der Waals surface area contributed by atoms with Gasteiger partial charge in [0.05, 0.1) is 6.61 Å². The minimum Gasteiger partial charge on any atom is -0.465 e. The van der Waals surface area contributed by atoms with Gasteiger partial charge in [-0.1, -0.05) is 90.9 Å². The number of esters is 1. The van der Waals surface area contributed by atoms with Crippen molar-refractivity contribution in [3.05, 3.63) is 0 Å². The average molecular weight is 353 g/mol. The van der Waals surface area contributed by atoms with Gasteiger partial charge in [0.25, 0.3) is 0 Å². The number of ether oxygens (including phenoxy) is 1. The van der Waals surface area contributed by atoms with Crippen LogP contribution in [0, 0.1) is 11.3 Å². The third kappa shape index (κ3) is 7.50. The fourth-order valence-electron chi connectivity index (χ4n) is 4.12. The summed E-state index contributed by atoms with van der Waals surface area (Å²) in [4.78, 5) is 24.5. The molecule has 0 N–H and O–H groups in total. The second kappa shape index (κ2) is 12.5. The van der Waals surface area contributed by atoms with Gasteiger partial charge < -0.3 is 4.74 Å². The van der Waals surface area contributed by atoms with Gasteiger partial charge in [0.1, 0.15) is 11.2 Å². The van der Waals surface area contributed by atoms with Gasteiger partial charge in [-0.2, -0.15) is 0 Å². The number of hydrogen-bond acceptors (Lipinski definition) is 3. The molecule has 0 bridgehead atoms. The SMILES string of the molecule is CCCCCCCCC(CCCCCC)CC1(C(C)=O)CCOC1=O. The molecule has 2 atom stereocenters. The number of cyclic esters (lactones) is 1. The summed E-state index contributed by atoms with van der Waals surface area (Å²) in [6.07, 6.45) is 16.4. The van der Waals surface area contributed by atoms with Crippen molar-refractivity contribution in [1.29, 1.82) is 0 Å². The number of hydrogen-bond donors (Lipinski definition) is 0. The van der Waals surface area contributed by atoms with Crippen LogP contribution in [-0.4, -0.2) is 18.4 Å². The normalized spacial score (nSPS) is 21.3. The van der Waals surface area contributed by atoms with Crippen molar-refractivity contribution in [3.63, 3.8) is 0 Å². The molecule has 3 heteroatoms. The van der Waals surface area contributed by atoms with Gasteiger partial charge in [-0.25, -0.2) is 0 Å². The highest BCUT2D eigenvalue weighted by molar-refractivity contribution is 6.03. The van der Waals surface area contributed by atoms with Crippen molar-refractivity contribution in [3.8, 4) is 0 Å².